The Balaban J connectivity index is 1.58. The van der Waals surface area contributed by atoms with E-state index in [0.29, 0.717) is 43.1 Å². The van der Waals surface area contributed by atoms with E-state index < -0.39 is 6.04 Å². The van der Waals surface area contributed by atoms with E-state index in [2.05, 4.69) is 5.32 Å². The van der Waals surface area contributed by atoms with E-state index in [-0.39, 0.29) is 48.4 Å². The molecule has 0 saturated heterocycles. The highest BCUT2D eigenvalue weighted by Crippen LogP contribution is 2.30. The monoisotopic (exact) mass is 635 g/mol. The van der Waals surface area contributed by atoms with E-state index in [9.17, 15) is 19.5 Å². The van der Waals surface area contributed by atoms with Crippen molar-refractivity contribution < 1.29 is 29.0 Å². The van der Waals surface area contributed by atoms with Crippen LogP contribution in [0.4, 0.5) is 5.69 Å². The molecule has 1 fully saturated rings. The van der Waals surface area contributed by atoms with Crippen molar-refractivity contribution in [3.05, 3.63) is 59.7 Å². The van der Waals surface area contributed by atoms with Gasteiger partial charge in [0.15, 0.2) is 0 Å². The summed E-state index contributed by atoms with van der Waals surface area (Å²) < 4.78 is 12.7. The van der Waals surface area contributed by atoms with Gasteiger partial charge in [0.1, 0.15) is 5.75 Å². The molecule has 9 nitrogen and oxygen atoms in total. The summed E-state index contributed by atoms with van der Waals surface area (Å²) in [5, 5.41) is 13.3. The van der Waals surface area contributed by atoms with Gasteiger partial charge in [-0.25, -0.2) is 0 Å². The van der Waals surface area contributed by atoms with Gasteiger partial charge in [-0.15, -0.1) is 0 Å². The number of nitrogens with zero attached hydrogens (tertiary/aromatic N) is 2. The number of amides is 3. The van der Waals surface area contributed by atoms with Crippen LogP contribution in [0.25, 0.3) is 0 Å². The Bertz CT molecular complexity index is 1280. The maximum atomic E-state index is 14.4. The van der Waals surface area contributed by atoms with Gasteiger partial charge in [0.05, 0.1) is 36.8 Å². The number of aliphatic hydroxyl groups is 1. The first kappa shape index (κ1) is 35.4. The maximum absolute atomic E-state index is 14.4. The van der Waals surface area contributed by atoms with Crippen molar-refractivity contribution in [2.24, 2.45) is 11.8 Å². The lowest BCUT2D eigenvalue weighted by Gasteiger charge is -2.36. The lowest BCUT2D eigenvalue weighted by molar-refractivity contribution is -0.132. The molecular weight excluding hydrogens is 582 g/mol. The first-order valence-electron chi connectivity index (χ1n) is 17.1. The third-order valence-electron chi connectivity index (χ3n) is 9.37. The van der Waals surface area contributed by atoms with Crippen LogP contribution in [-0.4, -0.2) is 84.2 Å². The summed E-state index contributed by atoms with van der Waals surface area (Å²) in [5.74, 6) is 0.00468. The fourth-order valence-electron chi connectivity index (χ4n) is 6.35. The zero-order valence-electron chi connectivity index (χ0n) is 28.1. The molecule has 1 aliphatic heterocycles. The predicted octanol–water partition coefficient (Wildman–Crippen LogP) is 5.70. The second-order valence-corrected chi connectivity index (χ2v) is 13.3. The summed E-state index contributed by atoms with van der Waals surface area (Å²) in [6.07, 6.45) is 7.39. The van der Waals surface area contributed by atoms with Gasteiger partial charge in [0, 0.05) is 44.3 Å². The zero-order chi connectivity index (χ0) is 33.1. The van der Waals surface area contributed by atoms with Gasteiger partial charge < -0.3 is 29.7 Å². The standard InChI is InChI=1S/C37H53N3O6/c1-26-23-40(27(2)25-41)37(44)32-22-31(38-36(43)30-16-9-6-10-17-30)18-19-33(32)46-28(3)13-11-12-20-45-34(26)24-39(4)35(42)21-29-14-7-5-8-15-29/h5,7-8,14-15,18-19,22,26-28,30,34,41H,6,9-13,16-17,20-21,23-25H2,1-4H3,(H,38,43)/t26-,27-,28+,34-/m0/s1. The summed E-state index contributed by atoms with van der Waals surface area (Å²) in [6, 6.07) is 14.5. The van der Waals surface area contributed by atoms with Gasteiger partial charge in [-0.2, -0.15) is 0 Å². The number of hydrogen-bond acceptors (Lipinski definition) is 6. The van der Waals surface area contributed by atoms with Gasteiger partial charge in [0.25, 0.3) is 5.91 Å². The molecule has 2 N–H and O–H groups in total. The summed E-state index contributed by atoms with van der Waals surface area (Å²) in [7, 11) is 1.80. The Hall–Kier alpha value is -3.43. The number of carbonyl (C=O) groups excluding carboxylic acids is 3. The molecule has 252 valence electrons. The summed E-state index contributed by atoms with van der Waals surface area (Å²) in [4.78, 5) is 43.9. The Morgan fingerprint density at radius 2 is 1.74 bits per heavy atom. The van der Waals surface area contributed by atoms with E-state index in [1.807, 2.05) is 51.1 Å². The van der Waals surface area contributed by atoms with Gasteiger partial charge in [-0.1, -0.05) is 56.5 Å². The zero-order valence-corrected chi connectivity index (χ0v) is 28.1. The summed E-state index contributed by atoms with van der Waals surface area (Å²) in [5.41, 5.74) is 1.87. The second kappa shape index (κ2) is 17.5. The van der Waals surface area contributed by atoms with Crippen LogP contribution < -0.4 is 10.1 Å². The highest BCUT2D eigenvalue weighted by atomic mass is 16.5. The number of anilines is 1. The van der Waals surface area contributed by atoms with Crippen LogP contribution in [0.3, 0.4) is 0 Å². The van der Waals surface area contributed by atoms with Crippen LogP contribution in [0.15, 0.2) is 48.5 Å². The molecule has 0 aromatic heterocycles. The first-order valence-corrected chi connectivity index (χ1v) is 17.1. The normalized spacial score (nSPS) is 22.6. The Morgan fingerprint density at radius 3 is 2.46 bits per heavy atom. The number of fused-ring (bicyclic) bond motifs is 1. The molecule has 1 saturated carbocycles. The fraction of sp³-hybridized carbons (Fsp3) is 0.595. The average molecular weight is 636 g/mol. The molecule has 2 aromatic carbocycles. The minimum Gasteiger partial charge on any atom is -0.490 e. The molecule has 0 radical (unpaired) electrons. The summed E-state index contributed by atoms with van der Waals surface area (Å²) in [6.45, 7) is 6.84. The molecule has 3 amide bonds. The molecular formula is C37H53N3O6. The number of ether oxygens (including phenoxy) is 2. The number of nitrogens with one attached hydrogen (secondary N) is 1. The lowest BCUT2D eigenvalue weighted by atomic mass is 9.88. The topological polar surface area (TPSA) is 108 Å². The largest absolute Gasteiger partial charge is 0.490 e. The van der Waals surface area contributed by atoms with Crippen LogP contribution >= 0.6 is 0 Å². The van der Waals surface area contributed by atoms with E-state index in [1.165, 1.54) is 0 Å². The average Bonchev–Trinajstić information content (AvgIpc) is 3.06. The Labute approximate surface area is 274 Å². The van der Waals surface area contributed by atoms with Gasteiger partial charge in [0.2, 0.25) is 11.8 Å². The van der Waals surface area contributed by atoms with Gasteiger partial charge >= 0.3 is 0 Å². The van der Waals surface area contributed by atoms with E-state index in [4.69, 9.17) is 9.47 Å². The van der Waals surface area contributed by atoms with E-state index in [0.717, 1.165) is 56.9 Å². The quantitative estimate of drug-likeness (QED) is 0.385. The molecule has 2 aromatic rings. The van der Waals surface area contributed by atoms with Crippen LogP contribution in [0, 0.1) is 11.8 Å². The van der Waals surface area contributed by atoms with Crippen LogP contribution in [0.5, 0.6) is 5.75 Å². The molecule has 2 aliphatic rings. The number of benzene rings is 2. The van der Waals surface area contributed by atoms with Gasteiger partial charge in [-0.05, 0) is 69.7 Å². The number of aliphatic hydroxyl groups excluding tert-OH is 1. The van der Waals surface area contributed by atoms with Crippen LogP contribution in [0.2, 0.25) is 0 Å². The number of rotatable bonds is 8. The first-order chi connectivity index (χ1) is 22.2. The third kappa shape index (κ3) is 10.0. The van der Waals surface area contributed by atoms with Crippen LogP contribution in [-0.2, 0) is 20.7 Å². The van der Waals surface area contributed by atoms with Crippen LogP contribution in [0.1, 0.15) is 88.1 Å². The molecule has 0 bridgehead atoms. The molecule has 4 atom stereocenters. The van der Waals surface area contributed by atoms with Crippen molar-refractivity contribution in [2.45, 2.75) is 96.8 Å². The van der Waals surface area contributed by atoms with Crippen molar-refractivity contribution in [1.82, 2.24) is 9.80 Å². The smallest absolute Gasteiger partial charge is 0.258 e. The van der Waals surface area contributed by atoms with Crippen molar-refractivity contribution in [3.63, 3.8) is 0 Å². The van der Waals surface area contributed by atoms with Gasteiger partial charge in [-0.3, -0.25) is 14.4 Å². The molecule has 1 heterocycles. The van der Waals surface area contributed by atoms with Crippen molar-refractivity contribution >= 4 is 23.4 Å². The molecule has 4 rings (SSSR count). The molecule has 0 unspecified atom stereocenters. The highest BCUT2D eigenvalue weighted by Gasteiger charge is 2.31. The SMILES string of the molecule is C[C@@H]1CCCCO[C@@H](CN(C)C(=O)Cc2ccccc2)[C@@H](C)CN([C@@H](C)CO)C(=O)c2cc(NC(=O)C3CCCCC3)ccc2O1. The molecule has 9 heteroatoms. The predicted molar refractivity (Wildman–Crippen MR) is 180 cm³/mol. The number of likely N-dealkylation sites (N-methyl/N-ethyl adjacent to an activating group) is 1. The third-order valence-corrected chi connectivity index (χ3v) is 9.37. The summed E-state index contributed by atoms with van der Waals surface area (Å²) >= 11 is 0. The van der Waals surface area contributed by atoms with E-state index in [1.54, 1.807) is 35.0 Å². The molecule has 0 spiro atoms. The number of hydrogen-bond donors (Lipinski definition) is 2. The Morgan fingerprint density at radius 1 is 1.02 bits per heavy atom. The van der Waals surface area contributed by atoms with Crippen molar-refractivity contribution in [1.29, 1.82) is 0 Å². The Kier molecular flexibility index (Phi) is 13.5. The number of carbonyl (C=O) groups is 3. The minimum atomic E-state index is -0.480. The maximum Gasteiger partial charge on any atom is 0.258 e. The van der Waals surface area contributed by atoms with Crippen molar-refractivity contribution in [2.75, 3.05) is 38.7 Å². The van der Waals surface area contributed by atoms with Crippen molar-refractivity contribution in [3.8, 4) is 5.75 Å². The highest BCUT2D eigenvalue weighted by molar-refractivity contribution is 6.00. The molecule has 46 heavy (non-hydrogen) atoms. The minimum absolute atomic E-state index is 0.000710. The second-order valence-electron chi connectivity index (χ2n) is 13.3. The fourth-order valence-corrected chi connectivity index (χ4v) is 6.35. The lowest BCUT2D eigenvalue weighted by Crippen LogP contribution is -2.48. The van der Waals surface area contributed by atoms with E-state index >= 15 is 0 Å². The molecule has 1 aliphatic carbocycles.